The monoisotopic (exact) mass is 252 g/mol. The Bertz CT molecular complexity index is 368. The molecule has 1 rings (SSSR count). The van der Waals surface area contributed by atoms with E-state index in [1.165, 1.54) is 12.1 Å². The summed E-state index contributed by atoms with van der Waals surface area (Å²) in [5.74, 6) is -0.493. The average Bonchev–Trinajstić information content (AvgIpc) is 2.14. The van der Waals surface area contributed by atoms with Crippen LogP contribution in [0.5, 0.6) is 0 Å². The SMILES string of the molecule is Nc1cc(Cl)c(NC(=O)CCl)cc1Cl. The fraction of sp³-hybridized carbons (Fsp3) is 0.125. The Kier molecular flexibility index (Phi) is 3.86. The van der Waals surface area contributed by atoms with Crippen LogP contribution in [0.15, 0.2) is 12.1 Å². The molecule has 0 unspecified atom stereocenters. The Balaban J connectivity index is 2.98. The summed E-state index contributed by atoms with van der Waals surface area (Å²) in [5.41, 5.74) is 6.26. The standard InChI is InChI=1S/C8H7Cl3N2O/c9-3-8(14)13-7-2-4(10)6(12)1-5(7)11/h1-2H,3,12H2,(H,13,14). The third-order valence-electron chi connectivity index (χ3n) is 1.48. The molecule has 0 aromatic heterocycles. The Morgan fingerprint density at radius 1 is 1.36 bits per heavy atom. The van der Waals surface area contributed by atoms with Gasteiger partial charge in [0.25, 0.3) is 0 Å². The van der Waals surface area contributed by atoms with Gasteiger partial charge in [0, 0.05) is 0 Å². The van der Waals surface area contributed by atoms with Crippen molar-refractivity contribution in [3.8, 4) is 0 Å². The number of anilines is 2. The minimum Gasteiger partial charge on any atom is -0.397 e. The topological polar surface area (TPSA) is 55.1 Å². The highest BCUT2D eigenvalue weighted by atomic mass is 35.5. The molecule has 0 saturated heterocycles. The van der Waals surface area contributed by atoms with Gasteiger partial charge in [0.1, 0.15) is 5.88 Å². The summed E-state index contributed by atoms with van der Waals surface area (Å²) in [7, 11) is 0. The van der Waals surface area contributed by atoms with Crippen molar-refractivity contribution in [3.05, 3.63) is 22.2 Å². The van der Waals surface area contributed by atoms with Crippen molar-refractivity contribution in [2.45, 2.75) is 0 Å². The number of halogens is 3. The summed E-state index contributed by atoms with van der Waals surface area (Å²) in [6.45, 7) is 0. The number of carbonyl (C=O) groups is 1. The molecule has 0 aliphatic carbocycles. The fourth-order valence-electron chi connectivity index (χ4n) is 0.842. The smallest absolute Gasteiger partial charge is 0.239 e. The summed E-state index contributed by atoms with van der Waals surface area (Å²) >= 11 is 16.9. The molecule has 3 N–H and O–H groups in total. The van der Waals surface area contributed by atoms with Crippen LogP contribution in [0.4, 0.5) is 11.4 Å². The molecule has 1 aromatic rings. The molecular formula is C8H7Cl3N2O. The zero-order valence-electron chi connectivity index (χ0n) is 6.98. The van der Waals surface area contributed by atoms with E-state index >= 15 is 0 Å². The Hall–Kier alpha value is -0.640. The summed E-state index contributed by atoms with van der Waals surface area (Å²) in [5, 5.41) is 3.14. The van der Waals surface area contributed by atoms with Crippen molar-refractivity contribution < 1.29 is 4.79 Å². The second-order valence-electron chi connectivity index (χ2n) is 2.54. The van der Waals surface area contributed by atoms with Crippen molar-refractivity contribution in [2.24, 2.45) is 0 Å². The lowest BCUT2D eigenvalue weighted by atomic mass is 10.3. The van der Waals surface area contributed by atoms with E-state index < -0.39 is 0 Å². The van der Waals surface area contributed by atoms with Crippen LogP contribution in [0.2, 0.25) is 10.0 Å². The molecule has 3 nitrogen and oxygen atoms in total. The summed E-state index contributed by atoms with van der Waals surface area (Å²) in [6.07, 6.45) is 0. The van der Waals surface area contributed by atoms with E-state index in [9.17, 15) is 4.79 Å². The summed E-state index contributed by atoms with van der Waals surface area (Å²) < 4.78 is 0. The first-order chi connectivity index (χ1) is 6.54. The number of rotatable bonds is 2. The third kappa shape index (κ3) is 2.67. The van der Waals surface area contributed by atoms with Crippen LogP contribution in [-0.4, -0.2) is 11.8 Å². The molecule has 0 heterocycles. The highest BCUT2D eigenvalue weighted by Crippen LogP contribution is 2.30. The average molecular weight is 254 g/mol. The van der Waals surface area contributed by atoms with Crippen LogP contribution >= 0.6 is 34.8 Å². The van der Waals surface area contributed by atoms with E-state index in [4.69, 9.17) is 40.5 Å². The van der Waals surface area contributed by atoms with Crippen LogP contribution in [0.25, 0.3) is 0 Å². The molecule has 6 heteroatoms. The lowest BCUT2D eigenvalue weighted by molar-refractivity contribution is -0.113. The normalized spacial score (nSPS) is 9.93. The van der Waals surface area contributed by atoms with Crippen molar-refractivity contribution in [2.75, 3.05) is 16.9 Å². The largest absolute Gasteiger partial charge is 0.397 e. The minimum atomic E-state index is -0.352. The van der Waals surface area contributed by atoms with Gasteiger partial charge in [-0.15, -0.1) is 11.6 Å². The van der Waals surface area contributed by atoms with Crippen LogP contribution in [0.1, 0.15) is 0 Å². The second-order valence-corrected chi connectivity index (χ2v) is 3.62. The number of amides is 1. The van der Waals surface area contributed by atoms with Gasteiger partial charge in [-0.3, -0.25) is 4.79 Å². The third-order valence-corrected chi connectivity index (χ3v) is 2.36. The van der Waals surface area contributed by atoms with Gasteiger partial charge in [-0.05, 0) is 12.1 Å². The molecule has 14 heavy (non-hydrogen) atoms. The number of hydrogen-bond donors (Lipinski definition) is 2. The van der Waals surface area contributed by atoms with E-state index in [-0.39, 0.29) is 11.8 Å². The van der Waals surface area contributed by atoms with Gasteiger partial charge >= 0.3 is 0 Å². The number of benzene rings is 1. The molecule has 0 aliphatic rings. The Morgan fingerprint density at radius 3 is 2.57 bits per heavy atom. The Labute approximate surface area is 96.1 Å². The molecular weight excluding hydrogens is 246 g/mol. The van der Waals surface area contributed by atoms with E-state index in [1.807, 2.05) is 0 Å². The van der Waals surface area contributed by atoms with Gasteiger partial charge in [0.2, 0.25) is 5.91 Å². The fourth-order valence-corrected chi connectivity index (χ4v) is 1.29. The van der Waals surface area contributed by atoms with Crippen molar-refractivity contribution in [1.82, 2.24) is 0 Å². The van der Waals surface area contributed by atoms with Crippen LogP contribution < -0.4 is 11.1 Å². The first-order valence-corrected chi connectivity index (χ1v) is 4.94. The minimum absolute atomic E-state index is 0.141. The summed E-state index contributed by atoms with van der Waals surface area (Å²) in [4.78, 5) is 11.0. The molecule has 1 amide bonds. The van der Waals surface area contributed by atoms with Gasteiger partial charge in [-0.2, -0.15) is 0 Å². The number of alkyl halides is 1. The molecule has 0 radical (unpaired) electrons. The number of nitrogens with one attached hydrogen (secondary N) is 1. The lowest BCUT2D eigenvalue weighted by Crippen LogP contribution is -2.13. The molecule has 0 bridgehead atoms. The number of nitrogen functional groups attached to an aromatic ring is 1. The van der Waals surface area contributed by atoms with E-state index in [0.717, 1.165) is 0 Å². The van der Waals surface area contributed by atoms with E-state index in [2.05, 4.69) is 5.32 Å². The van der Waals surface area contributed by atoms with Gasteiger partial charge < -0.3 is 11.1 Å². The molecule has 0 aliphatic heterocycles. The van der Waals surface area contributed by atoms with Crippen molar-refractivity contribution in [1.29, 1.82) is 0 Å². The highest BCUT2D eigenvalue weighted by molar-refractivity contribution is 6.38. The summed E-state index contributed by atoms with van der Waals surface area (Å²) in [6, 6.07) is 2.94. The molecule has 1 aromatic carbocycles. The van der Waals surface area contributed by atoms with E-state index in [0.29, 0.717) is 21.4 Å². The predicted molar refractivity (Wildman–Crippen MR) is 60.2 cm³/mol. The van der Waals surface area contributed by atoms with Gasteiger partial charge in [0.05, 0.1) is 21.4 Å². The maximum Gasteiger partial charge on any atom is 0.239 e. The number of hydrogen-bond acceptors (Lipinski definition) is 2. The Morgan fingerprint density at radius 2 is 2.00 bits per heavy atom. The van der Waals surface area contributed by atoms with Crippen LogP contribution in [0, 0.1) is 0 Å². The van der Waals surface area contributed by atoms with Crippen LogP contribution in [0.3, 0.4) is 0 Å². The van der Waals surface area contributed by atoms with E-state index in [1.54, 1.807) is 0 Å². The molecule has 0 spiro atoms. The highest BCUT2D eigenvalue weighted by Gasteiger charge is 2.07. The zero-order valence-corrected chi connectivity index (χ0v) is 9.25. The van der Waals surface area contributed by atoms with Gasteiger partial charge in [-0.25, -0.2) is 0 Å². The lowest BCUT2D eigenvalue weighted by Gasteiger charge is -2.07. The molecule has 0 saturated carbocycles. The maximum absolute atomic E-state index is 11.0. The van der Waals surface area contributed by atoms with Gasteiger partial charge in [-0.1, -0.05) is 23.2 Å². The predicted octanol–water partition coefficient (Wildman–Crippen LogP) is 2.75. The van der Waals surface area contributed by atoms with Crippen LogP contribution in [-0.2, 0) is 4.79 Å². The maximum atomic E-state index is 11.0. The number of carbonyl (C=O) groups excluding carboxylic acids is 1. The second kappa shape index (κ2) is 4.73. The van der Waals surface area contributed by atoms with Crippen molar-refractivity contribution in [3.63, 3.8) is 0 Å². The first-order valence-electron chi connectivity index (χ1n) is 3.65. The first kappa shape index (κ1) is 11.4. The van der Waals surface area contributed by atoms with Crippen molar-refractivity contribution >= 4 is 52.1 Å². The quantitative estimate of drug-likeness (QED) is 0.629. The van der Waals surface area contributed by atoms with Gasteiger partial charge in [0.15, 0.2) is 0 Å². The zero-order chi connectivity index (χ0) is 10.7. The molecule has 76 valence electrons. The molecule has 0 fully saturated rings. The molecule has 0 atom stereocenters. The number of nitrogens with two attached hydrogens (primary N) is 1.